The Bertz CT molecular complexity index is 875. The second-order valence-corrected chi connectivity index (χ2v) is 8.70. The van der Waals surface area contributed by atoms with Gasteiger partial charge in [-0.2, -0.15) is 0 Å². The summed E-state index contributed by atoms with van der Waals surface area (Å²) in [6, 6.07) is 12.8. The number of sulfonamides is 1. The maximum atomic E-state index is 12.5. The highest BCUT2D eigenvalue weighted by molar-refractivity contribution is 7.92. The van der Waals surface area contributed by atoms with Gasteiger partial charge in [0.2, 0.25) is 15.9 Å². The molecule has 0 aliphatic carbocycles. The van der Waals surface area contributed by atoms with E-state index < -0.39 is 15.9 Å². The van der Waals surface area contributed by atoms with Crippen molar-refractivity contribution in [2.75, 3.05) is 17.1 Å². The number of anilines is 1. The Balaban J connectivity index is 2.26. The molecule has 1 unspecified atom stereocenters. The second kappa shape index (κ2) is 8.10. The van der Waals surface area contributed by atoms with Crippen LogP contribution in [0, 0.1) is 13.8 Å². The van der Waals surface area contributed by atoms with Crippen LogP contribution in [0.25, 0.3) is 0 Å². The van der Waals surface area contributed by atoms with Crippen LogP contribution in [0.4, 0.5) is 5.69 Å². The monoisotopic (exact) mass is 394 g/mol. The first kappa shape index (κ1) is 20.3. The fourth-order valence-electron chi connectivity index (χ4n) is 2.83. The van der Waals surface area contributed by atoms with Crippen LogP contribution in [0.2, 0.25) is 5.02 Å². The highest BCUT2D eigenvalue weighted by atomic mass is 35.5. The Morgan fingerprint density at radius 1 is 1.19 bits per heavy atom. The molecule has 0 aliphatic rings. The van der Waals surface area contributed by atoms with Gasteiger partial charge in [0.15, 0.2) is 0 Å². The molecule has 0 bridgehead atoms. The number of nitrogens with one attached hydrogen (secondary N) is 1. The first-order chi connectivity index (χ1) is 12.1. The zero-order chi connectivity index (χ0) is 19.5. The minimum Gasteiger partial charge on any atom is -0.348 e. The molecule has 1 amide bonds. The molecule has 0 saturated heterocycles. The maximum Gasteiger partial charge on any atom is 0.241 e. The number of carbonyl (C=O) groups is 1. The van der Waals surface area contributed by atoms with Crippen molar-refractivity contribution in [2.45, 2.75) is 26.8 Å². The van der Waals surface area contributed by atoms with Crippen molar-refractivity contribution in [3.05, 3.63) is 64.2 Å². The van der Waals surface area contributed by atoms with Gasteiger partial charge in [-0.05, 0) is 43.5 Å². The largest absolute Gasteiger partial charge is 0.348 e. The first-order valence-corrected chi connectivity index (χ1v) is 10.4. The number of benzene rings is 2. The number of hydrogen-bond donors (Lipinski definition) is 1. The summed E-state index contributed by atoms with van der Waals surface area (Å²) in [4.78, 5) is 12.5. The van der Waals surface area contributed by atoms with E-state index in [0.717, 1.165) is 21.7 Å². The van der Waals surface area contributed by atoms with E-state index in [0.29, 0.717) is 16.3 Å². The van der Waals surface area contributed by atoms with Crippen molar-refractivity contribution in [1.82, 2.24) is 5.32 Å². The fourth-order valence-corrected chi connectivity index (χ4v) is 4.23. The van der Waals surface area contributed by atoms with Crippen LogP contribution in [0.3, 0.4) is 0 Å². The lowest BCUT2D eigenvalue weighted by Crippen LogP contribution is -2.41. The summed E-state index contributed by atoms with van der Waals surface area (Å²) < 4.78 is 25.7. The van der Waals surface area contributed by atoms with Gasteiger partial charge in [-0.25, -0.2) is 8.42 Å². The molecule has 5 nitrogen and oxygen atoms in total. The minimum atomic E-state index is -3.68. The molecule has 26 heavy (non-hydrogen) atoms. The average Bonchev–Trinajstić information content (AvgIpc) is 2.53. The van der Waals surface area contributed by atoms with Gasteiger partial charge >= 0.3 is 0 Å². The molecule has 2 rings (SSSR count). The van der Waals surface area contributed by atoms with Gasteiger partial charge in [-0.1, -0.05) is 48.0 Å². The fraction of sp³-hybridized carbons (Fsp3) is 0.316. The van der Waals surface area contributed by atoms with Gasteiger partial charge in [0.1, 0.15) is 6.54 Å². The van der Waals surface area contributed by atoms with E-state index in [-0.39, 0.29) is 12.6 Å². The number of nitrogens with zero attached hydrogens (tertiary/aromatic N) is 1. The Hall–Kier alpha value is -2.05. The second-order valence-electron chi connectivity index (χ2n) is 6.38. The van der Waals surface area contributed by atoms with Gasteiger partial charge in [0, 0.05) is 0 Å². The quantitative estimate of drug-likeness (QED) is 0.813. The molecule has 0 saturated carbocycles. The van der Waals surface area contributed by atoms with Crippen LogP contribution in [-0.2, 0) is 14.8 Å². The van der Waals surface area contributed by atoms with Crippen LogP contribution in [-0.4, -0.2) is 27.1 Å². The predicted molar refractivity (Wildman–Crippen MR) is 106 cm³/mol. The van der Waals surface area contributed by atoms with Crippen LogP contribution in [0.5, 0.6) is 0 Å². The third-order valence-electron chi connectivity index (χ3n) is 4.01. The molecule has 0 aromatic heterocycles. The Morgan fingerprint density at radius 2 is 1.81 bits per heavy atom. The number of hydrogen-bond acceptors (Lipinski definition) is 3. The predicted octanol–water partition coefficient (Wildman–Crippen LogP) is 3.60. The molecular weight excluding hydrogens is 372 g/mol. The first-order valence-electron chi connectivity index (χ1n) is 8.18. The van der Waals surface area contributed by atoms with Crippen LogP contribution in [0.1, 0.15) is 29.7 Å². The number of rotatable bonds is 6. The molecule has 1 atom stereocenters. The standard InChI is InChI=1S/C19H23ClN2O3S/c1-13-10-14(2)19(17(20)11-13)22(26(4,24)25)12-18(23)21-15(3)16-8-6-5-7-9-16/h5-11,15H,12H2,1-4H3,(H,21,23). The molecule has 2 aromatic carbocycles. The Labute approximate surface area is 160 Å². The van der Waals surface area contributed by atoms with Gasteiger partial charge < -0.3 is 5.32 Å². The van der Waals surface area contributed by atoms with Crippen LogP contribution in [0.15, 0.2) is 42.5 Å². The minimum absolute atomic E-state index is 0.236. The van der Waals surface area contributed by atoms with Crippen molar-refractivity contribution in [3.63, 3.8) is 0 Å². The summed E-state index contributed by atoms with van der Waals surface area (Å²) in [5, 5.41) is 3.13. The number of amides is 1. The summed E-state index contributed by atoms with van der Waals surface area (Å²) in [5.41, 5.74) is 2.90. The van der Waals surface area contributed by atoms with E-state index in [1.54, 1.807) is 13.0 Å². The van der Waals surface area contributed by atoms with E-state index >= 15 is 0 Å². The number of aryl methyl sites for hydroxylation is 2. The lowest BCUT2D eigenvalue weighted by molar-refractivity contribution is -0.120. The van der Waals surface area contributed by atoms with Crippen molar-refractivity contribution in [2.24, 2.45) is 0 Å². The molecule has 0 spiro atoms. The van der Waals surface area contributed by atoms with Crippen molar-refractivity contribution < 1.29 is 13.2 Å². The molecule has 0 fully saturated rings. The van der Waals surface area contributed by atoms with E-state index in [4.69, 9.17) is 11.6 Å². The number of carbonyl (C=O) groups excluding carboxylic acids is 1. The van der Waals surface area contributed by atoms with Gasteiger partial charge in [-0.15, -0.1) is 0 Å². The van der Waals surface area contributed by atoms with Crippen LogP contribution >= 0.6 is 11.6 Å². The average molecular weight is 395 g/mol. The summed E-state index contributed by atoms with van der Waals surface area (Å²) in [6.07, 6.45) is 1.07. The molecule has 0 heterocycles. The maximum absolute atomic E-state index is 12.5. The Kier molecular flexibility index (Phi) is 6.31. The summed E-state index contributed by atoms with van der Waals surface area (Å²) in [7, 11) is -3.68. The lowest BCUT2D eigenvalue weighted by atomic mass is 10.1. The van der Waals surface area contributed by atoms with Gasteiger partial charge in [-0.3, -0.25) is 9.10 Å². The normalized spacial score (nSPS) is 12.5. The third-order valence-corrected chi connectivity index (χ3v) is 5.41. The summed E-state index contributed by atoms with van der Waals surface area (Å²) >= 11 is 6.28. The molecule has 1 N–H and O–H groups in total. The Morgan fingerprint density at radius 3 is 2.35 bits per heavy atom. The van der Waals surface area contributed by atoms with Crippen molar-refractivity contribution in [1.29, 1.82) is 0 Å². The SMILES string of the molecule is Cc1cc(C)c(N(CC(=O)NC(C)c2ccccc2)S(C)(=O)=O)c(Cl)c1. The molecule has 0 radical (unpaired) electrons. The topological polar surface area (TPSA) is 66.5 Å². The molecule has 0 aliphatic heterocycles. The lowest BCUT2D eigenvalue weighted by Gasteiger charge is -2.26. The molecule has 140 valence electrons. The molecular formula is C19H23ClN2O3S. The van der Waals surface area contributed by atoms with Gasteiger partial charge in [0.25, 0.3) is 0 Å². The van der Waals surface area contributed by atoms with E-state index in [9.17, 15) is 13.2 Å². The zero-order valence-electron chi connectivity index (χ0n) is 15.3. The highest BCUT2D eigenvalue weighted by Crippen LogP contribution is 2.32. The summed E-state index contributed by atoms with van der Waals surface area (Å²) in [6.45, 7) is 5.17. The van der Waals surface area contributed by atoms with E-state index in [1.807, 2.05) is 50.2 Å². The number of halogens is 1. The van der Waals surface area contributed by atoms with E-state index in [1.165, 1.54) is 0 Å². The van der Waals surface area contributed by atoms with E-state index in [2.05, 4.69) is 5.32 Å². The molecule has 7 heteroatoms. The summed E-state index contributed by atoms with van der Waals surface area (Å²) in [5.74, 6) is -0.400. The van der Waals surface area contributed by atoms with Gasteiger partial charge in [0.05, 0.1) is 23.0 Å². The van der Waals surface area contributed by atoms with Crippen molar-refractivity contribution >= 4 is 33.2 Å². The van der Waals surface area contributed by atoms with Crippen LogP contribution < -0.4 is 9.62 Å². The highest BCUT2D eigenvalue weighted by Gasteiger charge is 2.25. The molecule has 2 aromatic rings. The third kappa shape index (κ3) is 4.99. The van der Waals surface area contributed by atoms with Crippen molar-refractivity contribution in [3.8, 4) is 0 Å². The smallest absolute Gasteiger partial charge is 0.241 e. The zero-order valence-corrected chi connectivity index (χ0v) is 16.9.